The number of aliphatic hydroxyl groups is 2. The average molecular weight is 164 g/mol. The highest BCUT2D eigenvalue weighted by Crippen LogP contribution is 2.33. The van der Waals surface area contributed by atoms with E-state index in [1.54, 1.807) is 6.92 Å². The van der Waals surface area contributed by atoms with Crippen LogP contribution >= 0.6 is 0 Å². The maximum absolute atomic E-state index is 13.3. The van der Waals surface area contributed by atoms with Gasteiger partial charge in [-0.3, -0.25) is 0 Å². The van der Waals surface area contributed by atoms with Gasteiger partial charge in [0.1, 0.15) is 12.2 Å². The van der Waals surface area contributed by atoms with Crippen molar-refractivity contribution in [2.24, 2.45) is 0 Å². The molecular formula is C7H13FO3. The molecule has 0 aromatic rings. The zero-order chi connectivity index (χ0) is 8.65. The molecule has 1 fully saturated rings. The third-order valence-electron chi connectivity index (χ3n) is 2.28. The molecule has 4 heteroatoms. The molecule has 0 aromatic heterocycles. The van der Waals surface area contributed by atoms with Crippen molar-refractivity contribution in [3.8, 4) is 0 Å². The topological polar surface area (TPSA) is 49.7 Å². The van der Waals surface area contributed by atoms with Crippen molar-refractivity contribution >= 4 is 0 Å². The maximum Gasteiger partial charge on any atom is 0.162 e. The fourth-order valence-corrected chi connectivity index (χ4v) is 1.22. The first-order chi connectivity index (χ1) is 5.00. The van der Waals surface area contributed by atoms with Gasteiger partial charge < -0.3 is 14.9 Å². The lowest BCUT2D eigenvalue weighted by Gasteiger charge is -2.20. The third-order valence-corrected chi connectivity index (χ3v) is 2.28. The lowest BCUT2D eigenvalue weighted by Crippen LogP contribution is -2.40. The van der Waals surface area contributed by atoms with Gasteiger partial charge >= 0.3 is 0 Å². The Labute approximate surface area is 64.8 Å². The summed E-state index contributed by atoms with van der Waals surface area (Å²) in [6.45, 7) is 2.47. The van der Waals surface area contributed by atoms with E-state index in [9.17, 15) is 9.50 Å². The second-order valence-corrected chi connectivity index (χ2v) is 3.10. The van der Waals surface area contributed by atoms with E-state index in [1.165, 1.54) is 6.92 Å². The molecule has 2 N–H and O–H groups in total. The predicted molar refractivity (Wildman–Crippen MR) is 36.9 cm³/mol. The van der Waals surface area contributed by atoms with Crippen molar-refractivity contribution in [3.63, 3.8) is 0 Å². The molecule has 11 heavy (non-hydrogen) atoms. The van der Waals surface area contributed by atoms with E-state index in [0.717, 1.165) is 0 Å². The zero-order valence-corrected chi connectivity index (χ0v) is 6.62. The predicted octanol–water partition coefficient (Wildman–Crippen LogP) is -0.145. The summed E-state index contributed by atoms with van der Waals surface area (Å²) in [6.07, 6.45) is -2.66. The van der Waals surface area contributed by atoms with E-state index in [-0.39, 0.29) is 6.61 Å². The zero-order valence-electron chi connectivity index (χ0n) is 6.62. The minimum atomic E-state index is -1.74. The van der Waals surface area contributed by atoms with E-state index in [0.29, 0.717) is 0 Å². The molecule has 0 bridgehead atoms. The molecular weight excluding hydrogens is 151 g/mol. The summed E-state index contributed by atoms with van der Waals surface area (Å²) >= 11 is 0. The molecule has 1 aliphatic rings. The maximum atomic E-state index is 13.3. The van der Waals surface area contributed by atoms with Crippen molar-refractivity contribution in [1.29, 1.82) is 0 Å². The quantitative estimate of drug-likeness (QED) is 0.567. The van der Waals surface area contributed by atoms with Crippen LogP contribution in [-0.4, -0.2) is 40.8 Å². The monoisotopic (exact) mass is 164 g/mol. The number of rotatable bonds is 1. The number of hydrogen-bond acceptors (Lipinski definition) is 3. The van der Waals surface area contributed by atoms with Gasteiger partial charge in [-0.15, -0.1) is 0 Å². The number of hydrogen-bond donors (Lipinski definition) is 2. The summed E-state index contributed by atoms with van der Waals surface area (Å²) in [7, 11) is 0. The molecule has 0 amide bonds. The molecule has 0 saturated carbocycles. The number of alkyl halides is 1. The van der Waals surface area contributed by atoms with Crippen LogP contribution in [0.4, 0.5) is 4.39 Å². The van der Waals surface area contributed by atoms with E-state index in [4.69, 9.17) is 9.84 Å². The van der Waals surface area contributed by atoms with Crippen molar-refractivity contribution in [1.82, 2.24) is 0 Å². The fraction of sp³-hybridized carbons (Fsp3) is 1.00. The summed E-state index contributed by atoms with van der Waals surface area (Å²) in [5.74, 6) is 0. The Morgan fingerprint density at radius 2 is 2.18 bits per heavy atom. The van der Waals surface area contributed by atoms with Gasteiger partial charge in [0.25, 0.3) is 0 Å². The van der Waals surface area contributed by atoms with E-state index in [2.05, 4.69) is 0 Å². The first kappa shape index (κ1) is 8.90. The molecule has 0 aliphatic carbocycles. The van der Waals surface area contributed by atoms with Crippen LogP contribution in [0.1, 0.15) is 13.8 Å². The first-order valence-electron chi connectivity index (χ1n) is 3.63. The first-order valence-corrected chi connectivity index (χ1v) is 3.63. The Morgan fingerprint density at radius 3 is 2.36 bits per heavy atom. The minimum absolute atomic E-state index is 0.342. The molecule has 0 aromatic carbocycles. The number of aliphatic hydroxyl groups excluding tert-OH is 2. The highest BCUT2D eigenvalue weighted by molar-refractivity contribution is 4.98. The Bertz CT molecular complexity index is 149. The van der Waals surface area contributed by atoms with Gasteiger partial charge in [-0.2, -0.15) is 0 Å². The van der Waals surface area contributed by atoms with Crippen LogP contribution in [0.3, 0.4) is 0 Å². The van der Waals surface area contributed by atoms with Gasteiger partial charge in [0.2, 0.25) is 0 Å². The second kappa shape index (κ2) is 2.69. The summed E-state index contributed by atoms with van der Waals surface area (Å²) in [5, 5.41) is 17.9. The van der Waals surface area contributed by atoms with Gasteiger partial charge in [-0.1, -0.05) is 0 Å². The Morgan fingerprint density at radius 1 is 1.64 bits per heavy atom. The van der Waals surface area contributed by atoms with Gasteiger partial charge in [0, 0.05) is 0 Å². The van der Waals surface area contributed by atoms with E-state index >= 15 is 0 Å². The molecule has 1 heterocycles. The Kier molecular flexibility index (Phi) is 2.18. The van der Waals surface area contributed by atoms with Crippen molar-refractivity contribution in [2.75, 3.05) is 6.61 Å². The molecule has 3 nitrogen and oxygen atoms in total. The SMILES string of the molecule is C[C@@H]1OC(CO)C(O)C1(C)F. The van der Waals surface area contributed by atoms with Gasteiger partial charge in [0.05, 0.1) is 12.7 Å². The van der Waals surface area contributed by atoms with Gasteiger partial charge in [-0.25, -0.2) is 4.39 Å². The highest BCUT2D eigenvalue weighted by atomic mass is 19.1. The summed E-state index contributed by atoms with van der Waals surface area (Å²) in [5.41, 5.74) is -1.74. The lowest BCUT2D eigenvalue weighted by molar-refractivity contribution is -0.0172. The van der Waals surface area contributed by atoms with Crippen molar-refractivity contribution < 1.29 is 19.3 Å². The molecule has 66 valence electrons. The summed E-state index contributed by atoms with van der Waals surface area (Å²) < 4.78 is 18.3. The lowest BCUT2D eigenvalue weighted by atomic mass is 9.96. The summed E-state index contributed by atoms with van der Waals surface area (Å²) in [4.78, 5) is 0. The summed E-state index contributed by atoms with van der Waals surface area (Å²) in [6, 6.07) is 0. The van der Waals surface area contributed by atoms with Gasteiger partial charge in [0.15, 0.2) is 5.67 Å². The smallest absolute Gasteiger partial charge is 0.162 e. The standard InChI is InChI=1S/C7H13FO3/c1-4-7(2,8)6(10)5(3-9)11-4/h4-6,9-10H,3H2,1-2H3/t4-,5?,6?,7?/m0/s1. The second-order valence-electron chi connectivity index (χ2n) is 3.10. The van der Waals surface area contributed by atoms with Crippen LogP contribution in [0.25, 0.3) is 0 Å². The highest BCUT2D eigenvalue weighted by Gasteiger charge is 2.51. The van der Waals surface area contributed by atoms with Crippen molar-refractivity contribution in [3.05, 3.63) is 0 Å². The molecule has 1 saturated heterocycles. The van der Waals surface area contributed by atoms with E-state index < -0.39 is 24.0 Å². The fourth-order valence-electron chi connectivity index (χ4n) is 1.22. The Hall–Kier alpha value is -0.190. The Balaban J connectivity index is 2.71. The largest absolute Gasteiger partial charge is 0.394 e. The van der Waals surface area contributed by atoms with Crippen LogP contribution in [0.2, 0.25) is 0 Å². The molecule has 4 atom stereocenters. The van der Waals surface area contributed by atoms with Crippen LogP contribution in [0.5, 0.6) is 0 Å². The van der Waals surface area contributed by atoms with Crippen LogP contribution in [0.15, 0.2) is 0 Å². The number of halogens is 1. The molecule has 0 spiro atoms. The molecule has 3 unspecified atom stereocenters. The molecule has 1 rings (SSSR count). The minimum Gasteiger partial charge on any atom is -0.394 e. The van der Waals surface area contributed by atoms with Crippen LogP contribution in [-0.2, 0) is 4.74 Å². The molecule has 0 radical (unpaired) electrons. The van der Waals surface area contributed by atoms with Crippen LogP contribution < -0.4 is 0 Å². The third kappa shape index (κ3) is 1.26. The molecule has 1 aliphatic heterocycles. The van der Waals surface area contributed by atoms with Gasteiger partial charge in [-0.05, 0) is 13.8 Å². The van der Waals surface area contributed by atoms with Crippen LogP contribution in [0, 0.1) is 0 Å². The average Bonchev–Trinajstić information content (AvgIpc) is 2.14. The number of ether oxygens (including phenoxy) is 1. The van der Waals surface area contributed by atoms with Crippen molar-refractivity contribution in [2.45, 2.75) is 37.8 Å². The normalized spacial score (nSPS) is 51.5. The van der Waals surface area contributed by atoms with E-state index in [1.807, 2.05) is 0 Å².